The molecule has 1 aliphatic rings. The Morgan fingerprint density at radius 2 is 1.90 bits per heavy atom. The number of nitrogens with two attached hydrogens (primary N) is 1. The number of hydrogen-bond acceptors (Lipinski definition) is 3. The standard InChI is InChI=1S/C17H35NO2/c1-6-17(4,5)14-7-8-15(18)16(11-14)20-10-9-19-12-13(2)3/h13-16H,6-12,18H2,1-5H3. The first-order valence-corrected chi connectivity index (χ1v) is 8.31. The molecule has 0 saturated heterocycles. The van der Waals surface area contributed by atoms with Crippen molar-refractivity contribution in [2.75, 3.05) is 19.8 Å². The van der Waals surface area contributed by atoms with Crippen LogP contribution in [-0.4, -0.2) is 32.0 Å². The lowest BCUT2D eigenvalue weighted by atomic mass is 9.68. The van der Waals surface area contributed by atoms with Crippen molar-refractivity contribution in [3.63, 3.8) is 0 Å². The smallest absolute Gasteiger partial charge is 0.0729 e. The molecule has 1 fully saturated rings. The van der Waals surface area contributed by atoms with Crippen molar-refractivity contribution in [3.8, 4) is 0 Å². The largest absolute Gasteiger partial charge is 0.379 e. The maximum absolute atomic E-state index is 6.22. The molecule has 0 aliphatic heterocycles. The predicted octanol–water partition coefficient (Wildman–Crippen LogP) is 3.61. The Morgan fingerprint density at radius 3 is 2.50 bits per heavy atom. The van der Waals surface area contributed by atoms with Gasteiger partial charge in [-0.15, -0.1) is 0 Å². The third-order valence-electron chi connectivity index (χ3n) is 4.87. The normalized spacial score (nSPS) is 28.1. The summed E-state index contributed by atoms with van der Waals surface area (Å²) in [5, 5.41) is 0. The van der Waals surface area contributed by atoms with E-state index in [9.17, 15) is 0 Å². The number of rotatable bonds is 8. The van der Waals surface area contributed by atoms with Gasteiger partial charge in [0.25, 0.3) is 0 Å². The van der Waals surface area contributed by atoms with Gasteiger partial charge in [0.05, 0.1) is 19.3 Å². The van der Waals surface area contributed by atoms with Crippen molar-refractivity contribution in [2.45, 2.75) is 72.4 Å². The predicted molar refractivity (Wildman–Crippen MR) is 84.8 cm³/mol. The van der Waals surface area contributed by atoms with E-state index < -0.39 is 0 Å². The molecule has 0 spiro atoms. The fourth-order valence-corrected chi connectivity index (χ4v) is 2.92. The van der Waals surface area contributed by atoms with E-state index in [1.807, 2.05) is 0 Å². The van der Waals surface area contributed by atoms with E-state index in [-0.39, 0.29) is 12.1 Å². The Labute approximate surface area is 125 Å². The number of ether oxygens (including phenoxy) is 2. The molecule has 0 amide bonds. The van der Waals surface area contributed by atoms with Gasteiger partial charge >= 0.3 is 0 Å². The SMILES string of the molecule is CCC(C)(C)C1CCC(N)C(OCCOCC(C)C)C1. The lowest BCUT2D eigenvalue weighted by Crippen LogP contribution is -2.45. The summed E-state index contributed by atoms with van der Waals surface area (Å²) in [4.78, 5) is 0. The summed E-state index contributed by atoms with van der Waals surface area (Å²) in [5.41, 5.74) is 6.62. The highest BCUT2D eigenvalue weighted by Crippen LogP contribution is 2.40. The Kier molecular flexibility index (Phi) is 7.49. The van der Waals surface area contributed by atoms with E-state index >= 15 is 0 Å². The van der Waals surface area contributed by atoms with Crippen molar-refractivity contribution >= 4 is 0 Å². The average molecular weight is 285 g/mol. The molecule has 3 heteroatoms. The van der Waals surface area contributed by atoms with E-state index in [4.69, 9.17) is 15.2 Å². The van der Waals surface area contributed by atoms with Gasteiger partial charge in [-0.1, -0.05) is 41.0 Å². The Balaban J connectivity index is 2.32. The summed E-state index contributed by atoms with van der Waals surface area (Å²) in [6.07, 6.45) is 4.86. The third kappa shape index (κ3) is 5.71. The van der Waals surface area contributed by atoms with Crippen LogP contribution in [0, 0.1) is 17.3 Å². The van der Waals surface area contributed by atoms with Crippen molar-refractivity contribution < 1.29 is 9.47 Å². The molecule has 3 atom stereocenters. The van der Waals surface area contributed by atoms with Gasteiger partial charge < -0.3 is 15.2 Å². The summed E-state index contributed by atoms with van der Waals surface area (Å²) in [7, 11) is 0. The molecule has 1 rings (SSSR count). The van der Waals surface area contributed by atoms with Crippen LogP contribution in [0.25, 0.3) is 0 Å². The van der Waals surface area contributed by atoms with Crippen LogP contribution in [0.1, 0.15) is 60.3 Å². The molecular weight excluding hydrogens is 250 g/mol. The quantitative estimate of drug-likeness (QED) is 0.693. The summed E-state index contributed by atoms with van der Waals surface area (Å²) in [6.45, 7) is 13.5. The lowest BCUT2D eigenvalue weighted by molar-refractivity contribution is -0.0460. The van der Waals surface area contributed by atoms with Crippen LogP contribution < -0.4 is 5.73 Å². The maximum Gasteiger partial charge on any atom is 0.0729 e. The molecule has 0 radical (unpaired) electrons. The van der Waals surface area contributed by atoms with Crippen LogP contribution in [0.3, 0.4) is 0 Å². The Morgan fingerprint density at radius 1 is 1.20 bits per heavy atom. The highest BCUT2D eigenvalue weighted by molar-refractivity contribution is 4.89. The van der Waals surface area contributed by atoms with Gasteiger partial charge in [-0.25, -0.2) is 0 Å². The highest BCUT2D eigenvalue weighted by atomic mass is 16.5. The summed E-state index contributed by atoms with van der Waals surface area (Å²) in [6, 6.07) is 0.198. The van der Waals surface area contributed by atoms with Gasteiger partial charge in [0, 0.05) is 12.6 Å². The van der Waals surface area contributed by atoms with Crippen LogP contribution in [0.4, 0.5) is 0 Å². The fourth-order valence-electron chi connectivity index (χ4n) is 2.92. The third-order valence-corrected chi connectivity index (χ3v) is 4.87. The summed E-state index contributed by atoms with van der Waals surface area (Å²) < 4.78 is 11.6. The first-order valence-electron chi connectivity index (χ1n) is 8.31. The van der Waals surface area contributed by atoms with Gasteiger partial charge in [0.1, 0.15) is 0 Å². The second kappa shape index (κ2) is 8.35. The Bertz CT molecular complexity index is 266. The molecule has 1 aliphatic carbocycles. The molecule has 0 aromatic heterocycles. The molecule has 3 nitrogen and oxygen atoms in total. The van der Waals surface area contributed by atoms with E-state index in [1.165, 1.54) is 12.8 Å². The highest BCUT2D eigenvalue weighted by Gasteiger charge is 2.36. The van der Waals surface area contributed by atoms with Crippen molar-refractivity contribution in [1.29, 1.82) is 0 Å². The van der Waals surface area contributed by atoms with Crippen molar-refractivity contribution in [1.82, 2.24) is 0 Å². The molecule has 0 aromatic carbocycles. The zero-order chi connectivity index (χ0) is 15.2. The maximum atomic E-state index is 6.22. The van der Waals surface area contributed by atoms with Crippen LogP contribution >= 0.6 is 0 Å². The Hall–Kier alpha value is -0.120. The minimum absolute atomic E-state index is 0.198. The molecule has 1 saturated carbocycles. The fraction of sp³-hybridized carbons (Fsp3) is 1.00. The van der Waals surface area contributed by atoms with Crippen molar-refractivity contribution in [2.24, 2.45) is 23.0 Å². The van der Waals surface area contributed by atoms with Crippen LogP contribution in [0.15, 0.2) is 0 Å². The van der Waals surface area contributed by atoms with E-state index in [0.717, 1.165) is 25.4 Å². The molecule has 2 N–H and O–H groups in total. The minimum Gasteiger partial charge on any atom is -0.379 e. The summed E-state index contributed by atoms with van der Waals surface area (Å²) in [5.74, 6) is 1.32. The van der Waals surface area contributed by atoms with Crippen molar-refractivity contribution in [3.05, 3.63) is 0 Å². The van der Waals surface area contributed by atoms with Crippen LogP contribution in [-0.2, 0) is 9.47 Å². The molecule has 0 heterocycles. The molecule has 3 unspecified atom stereocenters. The first-order chi connectivity index (χ1) is 9.36. The van der Waals surface area contributed by atoms with Gasteiger partial charge in [-0.2, -0.15) is 0 Å². The number of hydrogen-bond donors (Lipinski definition) is 1. The van der Waals surface area contributed by atoms with E-state index in [1.54, 1.807) is 0 Å². The van der Waals surface area contributed by atoms with Gasteiger partial charge in [0.2, 0.25) is 0 Å². The van der Waals surface area contributed by atoms with E-state index in [2.05, 4.69) is 34.6 Å². The zero-order valence-electron chi connectivity index (χ0n) is 14.2. The molecule has 0 aromatic rings. The first kappa shape index (κ1) is 17.9. The van der Waals surface area contributed by atoms with Crippen LogP contribution in [0.2, 0.25) is 0 Å². The van der Waals surface area contributed by atoms with E-state index in [0.29, 0.717) is 24.5 Å². The van der Waals surface area contributed by atoms with Gasteiger partial charge in [0.15, 0.2) is 0 Å². The molecule has 20 heavy (non-hydrogen) atoms. The summed E-state index contributed by atoms with van der Waals surface area (Å²) >= 11 is 0. The second-order valence-electron chi connectivity index (χ2n) is 7.39. The van der Waals surface area contributed by atoms with Crippen LogP contribution in [0.5, 0.6) is 0 Å². The molecule has 120 valence electrons. The lowest BCUT2D eigenvalue weighted by Gasteiger charge is -2.41. The average Bonchev–Trinajstić information content (AvgIpc) is 2.39. The molecular formula is C17H35NO2. The topological polar surface area (TPSA) is 44.5 Å². The van der Waals surface area contributed by atoms with Gasteiger partial charge in [-0.3, -0.25) is 0 Å². The molecule has 0 bridgehead atoms. The van der Waals surface area contributed by atoms with Gasteiger partial charge in [-0.05, 0) is 36.5 Å². The second-order valence-corrected chi connectivity index (χ2v) is 7.39. The monoisotopic (exact) mass is 285 g/mol. The zero-order valence-corrected chi connectivity index (χ0v) is 14.2. The minimum atomic E-state index is 0.198.